The van der Waals surface area contributed by atoms with Gasteiger partial charge in [0.05, 0.1) is 11.0 Å². The normalized spacial score (nSPS) is 11.6. The van der Waals surface area contributed by atoms with Gasteiger partial charge in [0.15, 0.2) is 0 Å². The first-order chi connectivity index (χ1) is 8.63. The minimum Gasteiger partial charge on any atom is -0.325 e. The fourth-order valence-electron chi connectivity index (χ4n) is 2.30. The SMILES string of the molecule is CNCCCc1nc2cc(Cl)ccc2n1C(C)C. The highest BCUT2D eigenvalue weighted by atomic mass is 35.5. The molecule has 3 nitrogen and oxygen atoms in total. The molecule has 4 heteroatoms. The van der Waals surface area contributed by atoms with Crippen LogP contribution in [0.4, 0.5) is 0 Å². The van der Waals surface area contributed by atoms with Crippen molar-refractivity contribution in [1.29, 1.82) is 0 Å². The van der Waals surface area contributed by atoms with E-state index in [1.165, 1.54) is 5.52 Å². The van der Waals surface area contributed by atoms with Crippen molar-refractivity contribution in [2.75, 3.05) is 13.6 Å². The molecule has 0 saturated heterocycles. The number of benzene rings is 1. The van der Waals surface area contributed by atoms with Crippen LogP contribution in [0.5, 0.6) is 0 Å². The summed E-state index contributed by atoms with van der Waals surface area (Å²) in [7, 11) is 1.98. The third-order valence-corrected chi connectivity index (χ3v) is 3.30. The molecule has 1 heterocycles. The van der Waals surface area contributed by atoms with Crippen LogP contribution in [0.25, 0.3) is 11.0 Å². The molecular weight excluding hydrogens is 246 g/mol. The number of imidazole rings is 1. The van der Waals surface area contributed by atoms with Gasteiger partial charge in [-0.15, -0.1) is 0 Å². The summed E-state index contributed by atoms with van der Waals surface area (Å²) >= 11 is 6.03. The molecule has 18 heavy (non-hydrogen) atoms. The highest BCUT2D eigenvalue weighted by Gasteiger charge is 2.12. The lowest BCUT2D eigenvalue weighted by molar-refractivity contribution is 0.571. The zero-order valence-electron chi connectivity index (χ0n) is 11.2. The lowest BCUT2D eigenvalue weighted by atomic mass is 10.2. The van der Waals surface area contributed by atoms with Gasteiger partial charge in [-0.2, -0.15) is 0 Å². The number of nitrogens with one attached hydrogen (secondary N) is 1. The van der Waals surface area contributed by atoms with Crippen molar-refractivity contribution in [3.05, 3.63) is 29.0 Å². The van der Waals surface area contributed by atoms with Crippen LogP contribution in [-0.4, -0.2) is 23.1 Å². The molecule has 1 aromatic carbocycles. The Labute approximate surface area is 113 Å². The zero-order chi connectivity index (χ0) is 13.1. The summed E-state index contributed by atoms with van der Waals surface area (Å²) in [6, 6.07) is 6.35. The van der Waals surface area contributed by atoms with E-state index in [-0.39, 0.29) is 0 Å². The Hall–Kier alpha value is -1.06. The number of aromatic nitrogens is 2. The van der Waals surface area contributed by atoms with Crippen LogP contribution in [0.2, 0.25) is 5.02 Å². The average Bonchev–Trinajstić information content (AvgIpc) is 2.66. The van der Waals surface area contributed by atoms with Gasteiger partial charge in [0, 0.05) is 17.5 Å². The molecule has 2 aromatic rings. The molecule has 0 amide bonds. The lowest BCUT2D eigenvalue weighted by Crippen LogP contribution is -2.11. The van der Waals surface area contributed by atoms with Gasteiger partial charge in [-0.05, 0) is 52.1 Å². The van der Waals surface area contributed by atoms with E-state index in [1.807, 2.05) is 19.2 Å². The highest BCUT2D eigenvalue weighted by molar-refractivity contribution is 6.31. The second kappa shape index (κ2) is 5.72. The number of halogens is 1. The predicted octanol–water partition coefficient (Wildman–Crippen LogP) is 3.42. The molecular formula is C14H20ClN3. The van der Waals surface area contributed by atoms with Crippen LogP contribution in [-0.2, 0) is 6.42 Å². The zero-order valence-corrected chi connectivity index (χ0v) is 12.0. The van der Waals surface area contributed by atoms with Gasteiger partial charge < -0.3 is 9.88 Å². The van der Waals surface area contributed by atoms with Crippen molar-refractivity contribution in [1.82, 2.24) is 14.9 Å². The van der Waals surface area contributed by atoms with Gasteiger partial charge in [0.2, 0.25) is 0 Å². The quantitative estimate of drug-likeness (QED) is 0.840. The predicted molar refractivity (Wildman–Crippen MR) is 77.4 cm³/mol. The summed E-state index contributed by atoms with van der Waals surface area (Å²) in [6.45, 7) is 5.40. The summed E-state index contributed by atoms with van der Waals surface area (Å²) < 4.78 is 2.31. The van der Waals surface area contributed by atoms with Gasteiger partial charge in [0.1, 0.15) is 5.82 Å². The first-order valence-electron chi connectivity index (χ1n) is 6.44. The van der Waals surface area contributed by atoms with E-state index >= 15 is 0 Å². The highest BCUT2D eigenvalue weighted by Crippen LogP contribution is 2.24. The van der Waals surface area contributed by atoms with Gasteiger partial charge in [-0.25, -0.2) is 4.98 Å². The van der Waals surface area contributed by atoms with E-state index in [0.29, 0.717) is 6.04 Å². The average molecular weight is 266 g/mol. The monoisotopic (exact) mass is 265 g/mol. The van der Waals surface area contributed by atoms with Crippen molar-refractivity contribution >= 4 is 22.6 Å². The van der Waals surface area contributed by atoms with E-state index in [4.69, 9.17) is 16.6 Å². The molecule has 0 unspecified atom stereocenters. The summed E-state index contributed by atoms with van der Waals surface area (Å²) in [4.78, 5) is 4.72. The van der Waals surface area contributed by atoms with E-state index in [0.717, 1.165) is 35.8 Å². The van der Waals surface area contributed by atoms with Gasteiger partial charge in [0.25, 0.3) is 0 Å². The van der Waals surface area contributed by atoms with Gasteiger partial charge in [-0.3, -0.25) is 0 Å². The molecule has 0 aliphatic rings. The molecule has 0 fully saturated rings. The summed E-state index contributed by atoms with van der Waals surface area (Å²) in [5, 5.41) is 3.92. The largest absolute Gasteiger partial charge is 0.325 e. The third-order valence-electron chi connectivity index (χ3n) is 3.07. The van der Waals surface area contributed by atoms with E-state index in [2.05, 4.69) is 29.8 Å². The summed E-state index contributed by atoms with van der Waals surface area (Å²) in [5.41, 5.74) is 2.17. The maximum atomic E-state index is 6.03. The Morgan fingerprint density at radius 3 is 2.83 bits per heavy atom. The topological polar surface area (TPSA) is 29.9 Å². The smallest absolute Gasteiger partial charge is 0.110 e. The standard InChI is InChI=1S/C14H20ClN3/c1-10(2)18-13-7-6-11(15)9-12(13)17-14(18)5-4-8-16-3/h6-7,9-10,16H,4-5,8H2,1-3H3. The van der Waals surface area contributed by atoms with Crippen LogP contribution >= 0.6 is 11.6 Å². The van der Waals surface area contributed by atoms with Crippen molar-refractivity contribution in [3.8, 4) is 0 Å². The van der Waals surface area contributed by atoms with Crippen molar-refractivity contribution in [3.63, 3.8) is 0 Å². The fourth-order valence-corrected chi connectivity index (χ4v) is 2.46. The summed E-state index contributed by atoms with van der Waals surface area (Å²) in [5.74, 6) is 1.15. The number of nitrogens with zero attached hydrogens (tertiary/aromatic N) is 2. The van der Waals surface area contributed by atoms with Crippen LogP contribution in [0.3, 0.4) is 0 Å². The Bertz CT molecular complexity index is 531. The molecule has 0 atom stereocenters. The second-order valence-electron chi connectivity index (χ2n) is 4.83. The molecule has 2 rings (SSSR count). The molecule has 1 aromatic heterocycles. The molecule has 0 spiro atoms. The van der Waals surface area contributed by atoms with E-state index < -0.39 is 0 Å². The minimum atomic E-state index is 0.417. The van der Waals surface area contributed by atoms with Gasteiger partial charge >= 0.3 is 0 Å². The van der Waals surface area contributed by atoms with Crippen molar-refractivity contribution < 1.29 is 0 Å². The Kier molecular flexibility index (Phi) is 4.25. The second-order valence-corrected chi connectivity index (χ2v) is 5.27. The number of rotatable bonds is 5. The van der Waals surface area contributed by atoms with Crippen LogP contribution < -0.4 is 5.32 Å². The Morgan fingerprint density at radius 1 is 1.39 bits per heavy atom. The Balaban J connectivity index is 2.41. The van der Waals surface area contributed by atoms with Crippen molar-refractivity contribution in [2.45, 2.75) is 32.7 Å². The molecule has 1 N–H and O–H groups in total. The molecule has 98 valence electrons. The maximum absolute atomic E-state index is 6.03. The van der Waals surface area contributed by atoms with E-state index in [9.17, 15) is 0 Å². The third kappa shape index (κ3) is 2.68. The molecule has 0 saturated carbocycles. The first-order valence-corrected chi connectivity index (χ1v) is 6.82. The Morgan fingerprint density at radius 2 is 2.17 bits per heavy atom. The maximum Gasteiger partial charge on any atom is 0.110 e. The lowest BCUT2D eigenvalue weighted by Gasteiger charge is -2.13. The number of fused-ring (bicyclic) bond motifs is 1. The molecule has 0 radical (unpaired) electrons. The molecule has 0 aliphatic heterocycles. The van der Waals surface area contributed by atoms with E-state index in [1.54, 1.807) is 0 Å². The van der Waals surface area contributed by atoms with Crippen molar-refractivity contribution in [2.24, 2.45) is 0 Å². The number of hydrogen-bond donors (Lipinski definition) is 1. The minimum absolute atomic E-state index is 0.417. The summed E-state index contributed by atoms with van der Waals surface area (Å²) in [6.07, 6.45) is 2.09. The van der Waals surface area contributed by atoms with Crippen LogP contribution in [0, 0.1) is 0 Å². The first kappa shape index (κ1) is 13.4. The van der Waals surface area contributed by atoms with Crippen LogP contribution in [0.15, 0.2) is 18.2 Å². The molecule has 0 bridgehead atoms. The molecule has 0 aliphatic carbocycles. The number of aryl methyl sites for hydroxylation is 1. The van der Waals surface area contributed by atoms with Gasteiger partial charge in [-0.1, -0.05) is 11.6 Å². The number of hydrogen-bond acceptors (Lipinski definition) is 2. The fraction of sp³-hybridized carbons (Fsp3) is 0.500. The van der Waals surface area contributed by atoms with Crippen LogP contribution in [0.1, 0.15) is 32.1 Å².